The van der Waals surface area contributed by atoms with Gasteiger partial charge in [0.15, 0.2) is 0 Å². The van der Waals surface area contributed by atoms with Crippen molar-refractivity contribution in [2.75, 3.05) is 13.1 Å². The number of carboxylic acid groups (broad SMARTS) is 1. The summed E-state index contributed by atoms with van der Waals surface area (Å²) in [4.78, 5) is 26.4. The molecule has 3 heterocycles. The smallest absolute Gasteiger partial charge is 0.335 e. The zero-order chi connectivity index (χ0) is 24.6. The van der Waals surface area contributed by atoms with E-state index in [2.05, 4.69) is 36.9 Å². The minimum Gasteiger partial charge on any atom is -0.487 e. The molecule has 0 unspecified atom stereocenters. The Kier molecular flexibility index (Phi) is 6.34. The monoisotopic (exact) mass is 477 g/mol. The van der Waals surface area contributed by atoms with Gasteiger partial charge in [0.25, 0.3) is 0 Å². The van der Waals surface area contributed by atoms with Crippen LogP contribution in [0.4, 0.5) is 0 Å². The van der Waals surface area contributed by atoms with Crippen LogP contribution in [0.2, 0.25) is 0 Å². The maximum Gasteiger partial charge on any atom is 0.335 e. The van der Waals surface area contributed by atoms with Gasteiger partial charge in [0.05, 0.1) is 11.5 Å². The van der Waals surface area contributed by atoms with Gasteiger partial charge in [-0.1, -0.05) is 30.3 Å². The Morgan fingerprint density at radius 3 is 2.46 bits per heavy atom. The number of piperidine rings is 1. The molecule has 3 aliphatic heterocycles. The summed E-state index contributed by atoms with van der Waals surface area (Å²) in [6, 6.07) is 13.3. The number of aromatic carboxylic acids is 1. The molecule has 0 bridgehead atoms. The standard InChI is InChI=1S/C29H35NO5/c1-28(2)12-10-21-4-3-5-24(25(21)34-28)19-30-16-14-29(15-17-30)13-11-23(27(33)35-29)18-20-6-8-22(9-7-20)26(31)32/h3-9,23H,10-19H2,1-2H3,(H,31,32)/t23-/m1/s1. The number of carbonyl (C=O) groups excluding carboxylic acids is 1. The lowest BCUT2D eigenvalue weighted by molar-refractivity contribution is -0.181. The zero-order valence-electron chi connectivity index (χ0n) is 20.7. The first-order chi connectivity index (χ1) is 16.7. The molecule has 0 saturated carbocycles. The lowest BCUT2D eigenvalue weighted by Gasteiger charge is -2.45. The van der Waals surface area contributed by atoms with Gasteiger partial charge < -0.3 is 14.6 Å². The van der Waals surface area contributed by atoms with Crippen LogP contribution in [0, 0.1) is 5.92 Å². The summed E-state index contributed by atoms with van der Waals surface area (Å²) in [6.07, 6.45) is 6.11. The van der Waals surface area contributed by atoms with Gasteiger partial charge in [-0.15, -0.1) is 0 Å². The van der Waals surface area contributed by atoms with E-state index in [1.54, 1.807) is 24.3 Å². The second-order valence-corrected chi connectivity index (χ2v) is 11.1. The van der Waals surface area contributed by atoms with E-state index in [-0.39, 0.29) is 28.7 Å². The molecule has 3 aliphatic rings. The fourth-order valence-corrected chi connectivity index (χ4v) is 5.72. The molecule has 2 saturated heterocycles. The van der Waals surface area contributed by atoms with Gasteiger partial charge in [-0.05, 0) is 82.1 Å². The Hall–Kier alpha value is -2.86. The fraction of sp³-hybridized carbons (Fsp3) is 0.517. The van der Waals surface area contributed by atoms with Crippen LogP contribution in [-0.4, -0.2) is 46.2 Å². The van der Waals surface area contributed by atoms with Gasteiger partial charge in [-0.2, -0.15) is 0 Å². The SMILES string of the molecule is CC1(C)CCc2cccc(CN3CCC4(CC[C@H](Cc5ccc(C(=O)O)cc5)C(=O)O4)CC3)c2O1. The normalized spacial score (nSPS) is 23.3. The maximum atomic E-state index is 12.9. The van der Waals surface area contributed by atoms with Crippen LogP contribution in [0.15, 0.2) is 42.5 Å². The number of likely N-dealkylation sites (tertiary alicyclic amines) is 1. The van der Waals surface area contributed by atoms with Crippen LogP contribution in [0.3, 0.4) is 0 Å². The van der Waals surface area contributed by atoms with Crippen molar-refractivity contribution in [1.82, 2.24) is 4.90 Å². The number of fused-ring (bicyclic) bond motifs is 1. The van der Waals surface area contributed by atoms with Crippen molar-refractivity contribution in [2.45, 2.75) is 76.5 Å². The van der Waals surface area contributed by atoms with Crippen LogP contribution in [0.1, 0.15) is 73.0 Å². The van der Waals surface area contributed by atoms with E-state index in [0.717, 1.165) is 69.5 Å². The van der Waals surface area contributed by atoms with Crippen LogP contribution in [-0.2, 0) is 28.9 Å². The molecule has 6 nitrogen and oxygen atoms in total. The Morgan fingerprint density at radius 2 is 1.77 bits per heavy atom. The number of rotatable bonds is 5. The number of benzene rings is 2. The third-order valence-corrected chi connectivity index (χ3v) is 8.00. The van der Waals surface area contributed by atoms with Crippen LogP contribution < -0.4 is 4.74 Å². The predicted octanol–water partition coefficient (Wildman–Crippen LogP) is 5.02. The van der Waals surface area contributed by atoms with Crippen molar-refractivity contribution in [1.29, 1.82) is 0 Å². The van der Waals surface area contributed by atoms with E-state index in [9.17, 15) is 9.59 Å². The Balaban J connectivity index is 1.16. The fourth-order valence-electron chi connectivity index (χ4n) is 5.72. The van der Waals surface area contributed by atoms with Gasteiger partial charge in [-0.3, -0.25) is 9.69 Å². The van der Waals surface area contributed by atoms with Gasteiger partial charge in [0.1, 0.15) is 17.0 Å². The second kappa shape index (κ2) is 9.30. The Morgan fingerprint density at radius 1 is 1.03 bits per heavy atom. The Labute approximate surface area is 207 Å². The molecular formula is C29H35NO5. The van der Waals surface area contributed by atoms with E-state index >= 15 is 0 Å². The number of para-hydroxylation sites is 1. The summed E-state index contributed by atoms with van der Waals surface area (Å²) in [5.74, 6) is -0.150. The third-order valence-electron chi connectivity index (χ3n) is 8.00. The number of ether oxygens (including phenoxy) is 2. The van der Waals surface area contributed by atoms with Crippen molar-refractivity contribution in [2.24, 2.45) is 5.92 Å². The summed E-state index contributed by atoms with van der Waals surface area (Å²) in [7, 11) is 0. The molecule has 1 atom stereocenters. The lowest BCUT2D eigenvalue weighted by atomic mass is 9.80. The first kappa shape index (κ1) is 23.9. The number of aryl methyl sites for hydroxylation is 1. The molecule has 1 N–H and O–H groups in total. The quantitative estimate of drug-likeness (QED) is 0.610. The molecule has 6 heteroatoms. The largest absolute Gasteiger partial charge is 0.487 e. The van der Waals surface area contributed by atoms with E-state index in [4.69, 9.17) is 14.6 Å². The third kappa shape index (κ3) is 5.22. The molecule has 0 aromatic heterocycles. The number of carboxylic acids is 1. The van der Waals surface area contributed by atoms with E-state index in [0.29, 0.717) is 6.42 Å². The molecule has 35 heavy (non-hydrogen) atoms. The number of hydrogen-bond acceptors (Lipinski definition) is 5. The average molecular weight is 478 g/mol. The average Bonchev–Trinajstić information content (AvgIpc) is 2.83. The molecule has 2 aromatic carbocycles. The maximum absolute atomic E-state index is 12.9. The first-order valence-electron chi connectivity index (χ1n) is 12.8. The summed E-state index contributed by atoms with van der Waals surface area (Å²) in [5, 5.41) is 9.07. The topological polar surface area (TPSA) is 76.1 Å². The van der Waals surface area contributed by atoms with Crippen molar-refractivity contribution >= 4 is 11.9 Å². The van der Waals surface area contributed by atoms with Gasteiger partial charge in [0, 0.05) is 25.2 Å². The highest BCUT2D eigenvalue weighted by Crippen LogP contribution is 2.40. The highest BCUT2D eigenvalue weighted by molar-refractivity contribution is 5.87. The van der Waals surface area contributed by atoms with E-state index in [1.807, 2.05) is 0 Å². The molecule has 2 aromatic rings. The van der Waals surface area contributed by atoms with Gasteiger partial charge >= 0.3 is 11.9 Å². The second-order valence-electron chi connectivity index (χ2n) is 11.1. The van der Waals surface area contributed by atoms with Crippen molar-refractivity contribution in [3.05, 3.63) is 64.7 Å². The highest BCUT2D eigenvalue weighted by atomic mass is 16.6. The predicted molar refractivity (Wildman–Crippen MR) is 133 cm³/mol. The lowest BCUT2D eigenvalue weighted by Crippen LogP contribution is -2.50. The van der Waals surface area contributed by atoms with Crippen molar-refractivity contribution in [3.63, 3.8) is 0 Å². The van der Waals surface area contributed by atoms with Crippen molar-refractivity contribution in [3.8, 4) is 5.75 Å². The summed E-state index contributed by atoms with van der Waals surface area (Å²) in [5.41, 5.74) is 3.32. The molecule has 0 aliphatic carbocycles. The van der Waals surface area contributed by atoms with Gasteiger partial charge in [-0.25, -0.2) is 4.79 Å². The van der Waals surface area contributed by atoms with Crippen LogP contribution >= 0.6 is 0 Å². The highest BCUT2D eigenvalue weighted by Gasteiger charge is 2.44. The number of hydrogen-bond donors (Lipinski definition) is 1. The zero-order valence-corrected chi connectivity index (χ0v) is 20.7. The Bertz CT molecular complexity index is 1100. The summed E-state index contributed by atoms with van der Waals surface area (Å²) < 4.78 is 12.5. The molecule has 1 spiro atoms. The molecule has 0 radical (unpaired) electrons. The van der Waals surface area contributed by atoms with E-state index < -0.39 is 5.97 Å². The molecule has 0 amide bonds. The summed E-state index contributed by atoms with van der Waals surface area (Å²) in [6.45, 7) is 6.99. The number of carbonyl (C=O) groups is 2. The molecule has 186 valence electrons. The van der Waals surface area contributed by atoms with Gasteiger partial charge in [0.2, 0.25) is 0 Å². The van der Waals surface area contributed by atoms with E-state index in [1.165, 1.54) is 11.1 Å². The van der Waals surface area contributed by atoms with Crippen molar-refractivity contribution < 1.29 is 24.2 Å². The number of esters is 1. The first-order valence-corrected chi connectivity index (χ1v) is 12.8. The minimum atomic E-state index is -0.939. The molecule has 2 fully saturated rings. The minimum absolute atomic E-state index is 0.111. The van der Waals surface area contributed by atoms with Crippen LogP contribution in [0.5, 0.6) is 5.75 Å². The summed E-state index contributed by atoms with van der Waals surface area (Å²) >= 11 is 0. The number of nitrogens with zero attached hydrogens (tertiary/aromatic N) is 1. The van der Waals surface area contributed by atoms with Crippen LogP contribution in [0.25, 0.3) is 0 Å². The molecule has 5 rings (SSSR count). The molecular weight excluding hydrogens is 442 g/mol.